The van der Waals surface area contributed by atoms with E-state index in [2.05, 4.69) is 132 Å². The van der Waals surface area contributed by atoms with Crippen molar-refractivity contribution in [1.82, 2.24) is 0 Å². The van der Waals surface area contributed by atoms with Crippen molar-refractivity contribution in [2.75, 3.05) is 0 Å². The van der Waals surface area contributed by atoms with Gasteiger partial charge >= 0.3 is 236 Å². The third kappa shape index (κ3) is 3.76. The molecule has 0 bridgehead atoms. The number of rotatable bonds is 4. The van der Waals surface area contributed by atoms with E-state index < -0.39 is 18.0 Å². The second-order valence-corrected chi connectivity index (χ2v) is 38.9. The van der Waals surface area contributed by atoms with Gasteiger partial charge in [0, 0.05) is 0 Å². The Morgan fingerprint density at radius 2 is 1.05 bits per heavy atom. The van der Waals surface area contributed by atoms with E-state index in [4.69, 9.17) is 0 Å². The average molecular weight is 673 g/mol. The van der Waals surface area contributed by atoms with Crippen LogP contribution in [0.15, 0.2) is 97.1 Å². The van der Waals surface area contributed by atoms with Crippen LogP contribution in [0, 0.1) is 13.8 Å². The Labute approximate surface area is 234 Å². The molecule has 39 heavy (non-hydrogen) atoms. The summed E-state index contributed by atoms with van der Waals surface area (Å²) in [5.41, 5.74) is 14.1. The van der Waals surface area contributed by atoms with Crippen LogP contribution < -0.4 is 0 Å². The number of aryl methyl sites for hydroxylation is 2. The summed E-state index contributed by atoms with van der Waals surface area (Å²) in [6.07, 6.45) is 14.2. The van der Waals surface area contributed by atoms with Crippen LogP contribution in [-0.4, -0.2) is 3.26 Å². The van der Waals surface area contributed by atoms with Gasteiger partial charge in [0.1, 0.15) is 0 Å². The maximum absolute atomic E-state index is 3.80. The third-order valence-electron chi connectivity index (χ3n) is 10.5. The van der Waals surface area contributed by atoms with Crippen molar-refractivity contribution in [3.05, 3.63) is 130 Å². The van der Waals surface area contributed by atoms with Gasteiger partial charge in [0.15, 0.2) is 0 Å². The summed E-state index contributed by atoms with van der Waals surface area (Å²) in [6.45, 7) is 4.39. The van der Waals surface area contributed by atoms with E-state index in [1.54, 1.807) is 11.1 Å². The first-order valence-corrected chi connectivity index (χ1v) is 27.8. The van der Waals surface area contributed by atoms with Crippen LogP contribution in [0.1, 0.15) is 60.0 Å². The van der Waals surface area contributed by atoms with Crippen LogP contribution >= 0.6 is 0 Å². The van der Waals surface area contributed by atoms with Gasteiger partial charge in [-0.1, -0.05) is 0 Å². The molecule has 0 spiro atoms. The molecule has 0 heterocycles. The van der Waals surface area contributed by atoms with Gasteiger partial charge in [0.2, 0.25) is 0 Å². The fourth-order valence-corrected chi connectivity index (χ4v) is 33.2. The minimum atomic E-state index is -3.80. The van der Waals surface area contributed by atoms with Gasteiger partial charge < -0.3 is 0 Å². The van der Waals surface area contributed by atoms with Gasteiger partial charge in [-0.3, -0.25) is 0 Å². The summed E-state index contributed by atoms with van der Waals surface area (Å²) in [7, 11) is 0. The summed E-state index contributed by atoms with van der Waals surface area (Å²) < 4.78 is 8.64. The first-order chi connectivity index (χ1) is 18.8. The molecule has 0 N–H and O–H groups in total. The monoisotopic (exact) mass is 674 g/mol. The molecule has 1 heteroatoms. The van der Waals surface area contributed by atoms with Gasteiger partial charge in [0.25, 0.3) is 0 Å². The van der Waals surface area contributed by atoms with E-state index in [-0.39, 0.29) is 0 Å². The van der Waals surface area contributed by atoms with Crippen molar-refractivity contribution in [1.29, 1.82) is 0 Å². The zero-order chi connectivity index (χ0) is 26.8. The first-order valence-electron chi connectivity index (χ1n) is 14.7. The fraction of sp³-hybridized carbons (Fsp3) is 0.237. The van der Waals surface area contributed by atoms with E-state index >= 15 is 0 Å². The molecule has 0 saturated heterocycles. The Kier molecular flexibility index (Phi) is 5.83. The van der Waals surface area contributed by atoms with Gasteiger partial charge in [-0.05, 0) is 0 Å². The molecule has 0 aliphatic heterocycles. The summed E-state index contributed by atoms with van der Waals surface area (Å²) in [4.78, 5) is 0. The summed E-state index contributed by atoms with van der Waals surface area (Å²) in [5.74, 6) is 0. The van der Waals surface area contributed by atoms with Crippen LogP contribution in [0.25, 0.3) is 34.4 Å². The molecule has 194 valence electrons. The molecule has 7 rings (SSSR count). The van der Waals surface area contributed by atoms with E-state index in [1.807, 2.05) is 3.26 Å². The van der Waals surface area contributed by atoms with E-state index in [9.17, 15) is 0 Å². The van der Waals surface area contributed by atoms with E-state index in [0.29, 0.717) is 7.35 Å². The third-order valence-corrected chi connectivity index (χ3v) is 37.7. The second kappa shape index (κ2) is 9.07. The minimum absolute atomic E-state index is 0.542. The molecule has 2 atom stereocenters. The van der Waals surface area contributed by atoms with Gasteiger partial charge in [-0.15, -0.1) is 0 Å². The average Bonchev–Trinajstić information content (AvgIpc) is 3.53. The zero-order valence-corrected chi connectivity index (χ0v) is 27.3. The molecular weight excluding hydrogens is 635 g/mol. The second-order valence-electron chi connectivity index (χ2n) is 13.1. The molecule has 3 aliphatic rings. The number of hydrogen-bond acceptors (Lipinski definition) is 0. The molecule has 0 nitrogen and oxygen atoms in total. The zero-order valence-electron chi connectivity index (χ0n) is 23.7. The number of allylic oxidation sites excluding steroid dienone is 2. The van der Waals surface area contributed by atoms with Gasteiger partial charge in [0.05, 0.1) is 0 Å². The normalized spacial score (nSPS) is 19.7. The van der Waals surface area contributed by atoms with Gasteiger partial charge in [-0.25, -0.2) is 0 Å². The SMILES string of the molecule is Cc1cccc(-c2cccc3c2C=C[CH]3[Hf]([CH3])([CH3])(=[C]2CCC2)[CH]2C=Cc3c(-c4cccc(C)c4)cccc32)c1. The van der Waals surface area contributed by atoms with Gasteiger partial charge in [-0.2, -0.15) is 0 Å². The van der Waals surface area contributed by atoms with Crippen molar-refractivity contribution in [2.45, 2.75) is 49.8 Å². The van der Waals surface area contributed by atoms with Crippen LogP contribution in [0.3, 0.4) is 0 Å². The molecule has 4 aromatic rings. The standard InChI is InChI=1S/2C16H13.C4H6.2CH3.Hf/c2*1-12-5-2-8-14(11-12)16-10-4-7-13-6-3-9-15(13)16;1-2-4-3-1;;;/h2*2-11H,1H3;1-3H2;2*1H3;. The molecule has 3 aliphatic carbocycles. The Balaban J connectivity index is 1.40. The Hall–Kier alpha value is -2.90. The van der Waals surface area contributed by atoms with Crippen LogP contribution in [0.4, 0.5) is 0 Å². The molecular formula is C38H38Hf. The van der Waals surface area contributed by atoms with Crippen LogP contribution in [0.2, 0.25) is 9.36 Å². The molecule has 0 radical (unpaired) electrons. The topological polar surface area (TPSA) is 0 Å². The predicted molar refractivity (Wildman–Crippen MR) is 167 cm³/mol. The first kappa shape index (κ1) is 25.1. The molecule has 0 aromatic heterocycles. The maximum atomic E-state index is 2.80. The van der Waals surface area contributed by atoms with E-state index in [0.717, 1.165) is 0 Å². The van der Waals surface area contributed by atoms with E-state index in [1.165, 1.54) is 63.8 Å². The molecule has 1 saturated carbocycles. The predicted octanol–water partition coefficient (Wildman–Crippen LogP) is 10.6. The van der Waals surface area contributed by atoms with Crippen LogP contribution in [0.5, 0.6) is 0 Å². The molecule has 2 unspecified atom stereocenters. The number of hydrogen-bond donors (Lipinski definition) is 0. The van der Waals surface area contributed by atoms with Crippen molar-refractivity contribution < 1.29 is 18.0 Å². The molecule has 1 fully saturated rings. The molecule has 0 amide bonds. The summed E-state index contributed by atoms with van der Waals surface area (Å²) in [5, 5.41) is 0. The Bertz CT molecular complexity index is 1650. The summed E-state index contributed by atoms with van der Waals surface area (Å²) in [6, 6.07) is 32.2. The van der Waals surface area contributed by atoms with Crippen molar-refractivity contribution in [2.24, 2.45) is 0 Å². The molecule has 4 aromatic carbocycles. The fourth-order valence-electron chi connectivity index (χ4n) is 8.13. The van der Waals surface area contributed by atoms with Crippen LogP contribution in [-0.2, 0) is 18.0 Å². The summed E-state index contributed by atoms with van der Waals surface area (Å²) >= 11 is -3.80. The number of benzene rings is 4. The number of fused-ring (bicyclic) bond motifs is 2. The Morgan fingerprint density at radius 1 is 0.590 bits per heavy atom. The van der Waals surface area contributed by atoms with Crippen molar-refractivity contribution in [3.63, 3.8) is 0 Å². The quantitative estimate of drug-likeness (QED) is 0.189. The Morgan fingerprint density at radius 3 is 1.46 bits per heavy atom. The van der Waals surface area contributed by atoms with Crippen molar-refractivity contribution >= 4 is 15.4 Å². The van der Waals surface area contributed by atoms with Crippen molar-refractivity contribution in [3.8, 4) is 22.3 Å².